The lowest BCUT2D eigenvalue weighted by Gasteiger charge is -2.11. The fraction of sp³-hybridized carbons (Fsp3) is 0.250. The molecule has 0 radical (unpaired) electrons. The molecule has 1 saturated heterocycles. The van der Waals surface area contributed by atoms with E-state index in [1.54, 1.807) is 18.5 Å². The first-order chi connectivity index (χ1) is 15.1. The van der Waals surface area contributed by atoms with Gasteiger partial charge in [0.05, 0.1) is 5.71 Å². The van der Waals surface area contributed by atoms with E-state index >= 15 is 0 Å². The van der Waals surface area contributed by atoms with Crippen molar-refractivity contribution in [3.8, 4) is 0 Å². The number of nitrogens with one attached hydrogen (secondary N) is 2. The van der Waals surface area contributed by atoms with Gasteiger partial charge in [0, 0.05) is 41.1 Å². The highest BCUT2D eigenvalue weighted by molar-refractivity contribution is 7.15. The molecule has 0 aliphatic carbocycles. The fourth-order valence-electron chi connectivity index (χ4n) is 3.64. The maximum Gasteiger partial charge on any atom is 0.257 e. The molecule has 0 atom stereocenters. The second kappa shape index (κ2) is 9.76. The molecule has 158 valence electrons. The molecule has 1 aliphatic heterocycles. The number of likely N-dealkylation sites (tertiary alicyclic amines) is 1. The van der Waals surface area contributed by atoms with E-state index in [2.05, 4.69) is 20.2 Å². The van der Waals surface area contributed by atoms with Gasteiger partial charge < -0.3 is 5.41 Å². The highest BCUT2D eigenvalue weighted by Gasteiger charge is 2.16. The lowest BCUT2D eigenvalue weighted by Crippen LogP contribution is -2.17. The van der Waals surface area contributed by atoms with Gasteiger partial charge in [-0.3, -0.25) is 20.0 Å². The summed E-state index contributed by atoms with van der Waals surface area (Å²) in [5, 5.41) is 11.8. The normalized spacial score (nSPS) is 14.2. The van der Waals surface area contributed by atoms with Crippen molar-refractivity contribution in [3.63, 3.8) is 0 Å². The number of aromatic nitrogens is 2. The van der Waals surface area contributed by atoms with Gasteiger partial charge in [0.15, 0.2) is 5.13 Å². The maximum absolute atomic E-state index is 12.9. The van der Waals surface area contributed by atoms with Crippen LogP contribution in [0.5, 0.6) is 0 Å². The fourth-order valence-corrected chi connectivity index (χ4v) is 4.49. The van der Waals surface area contributed by atoms with E-state index in [0.29, 0.717) is 16.4 Å². The van der Waals surface area contributed by atoms with E-state index < -0.39 is 0 Å². The third kappa shape index (κ3) is 5.31. The Morgan fingerprint density at radius 3 is 2.84 bits per heavy atom. The Morgan fingerprint density at radius 1 is 1.23 bits per heavy atom. The number of rotatable bonds is 7. The molecular weight excluding hydrogens is 406 g/mol. The summed E-state index contributed by atoms with van der Waals surface area (Å²) in [6.45, 7) is 5.09. The molecule has 0 bridgehead atoms. The number of carbonyl (C=O) groups excluding carboxylic acids is 1. The topological polar surface area (TPSA) is 82.0 Å². The molecule has 0 spiro atoms. The second-order valence-corrected chi connectivity index (χ2v) is 8.69. The Kier molecular flexibility index (Phi) is 6.64. The molecule has 2 N–H and O–H groups in total. The minimum absolute atomic E-state index is 0.169. The largest absolute Gasteiger partial charge is 0.300 e. The standard InChI is InChI=1S/C24H25N5OS/c1-17-18(9-10-22(25)19-7-5-11-26-14-19)6-4-8-21(17)23(30)28-24-27-15-20(31-24)16-29-12-2-3-13-29/h4-11,14-15,25H,2-3,12-13,16H2,1H3,(H,27,28,30)/b10-9-,25-22?. The molecule has 7 heteroatoms. The molecule has 3 aromatic rings. The number of amides is 1. The molecule has 0 saturated carbocycles. The van der Waals surface area contributed by atoms with Gasteiger partial charge in [-0.15, -0.1) is 11.3 Å². The summed E-state index contributed by atoms with van der Waals surface area (Å²) >= 11 is 1.53. The highest BCUT2D eigenvalue weighted by atomic mass is 32.1. The molecule has 6 nitrogen and oxygen atoms in total. The van der Waals surface area contributed by atoms with Gasteiger partial charge in [0.25, 0.3) is 5.91 Å². The van der Waals surface area contributed by atoms with Crippen LogP contribution in [0.4, 0.5) is 5.13 Å². The Bertz CT molecular complexity index is 1100. The summed E-state index contributed by atoms with van der Waals surface area (Å²) in [5.74, 6) is -0.169. The number of thiazole rings is 1. The molecule has 1 amide bonds. The molecule has 3 heterocycles. The van der Waals surface area contributed by atoms with Crippen LogP contribution in [0.25, 0.3) is 6.08 Å². The van der Waals surface area contributed by atoms with Gasteiger partial charge >= 0.3 is 0 Å². The van der Waals surface area contributed by atoms with Crippen molar-refractivity contribution < 1.29 is 4.79 Å². The second-order valence-electron chi connectivity index (χ2n) is 7.58. The number of hydrogen-bond donors (Lipinski definition) is 2. The first-order valence-corrected chi connectivity index (χ1v) is 11.2. The van der Waals surface area contributed by atoms with Crippen molar-refractivity contribution in [1.82, 2.24) is 14.9 Å². The van der Waals surface area contributed by atoms with Gasteiger partial charge in [-0.1, -0.05) is 18.2 Å². The average Bonchev–Trinajstić information content (AvgIpc) is 3.46. The molecule has 4 rings (SSSR count). The summed E-state index contributed by atoms with van der Waals surface area (Å²) in [7, 11) is 0. The predicted molar refractivity (Wildman–Crippen MR) is 126 cm³/mol. The average molecular weight is 432 g/mol. The van der Waals surface area contributed by atoms with E-state index in [1.165, 1.54) is 29.1 Å². The van der Waals surface area contributed by atoms with Crippen LogP contribution in [0.3, 0.4) is 0 Å². The zero-order chi connectivity index (χ0) is 21.6. The van der Waals surface area contributed by atoms with Crippen molar-refractivity contribution in [2.45, 2.75) is 26.3 Å². The van der Waals surface area contributed by atoms with Gasteiger partial charge in [0.2, 0.25) is 0 Å². The number of nitrogens with zero attached hydrogens (tertiary/aromatic N) is 3. The number of allylic oxidation sites excluding steroid dienone is 1. The van der Waals surface area contributed by atoms with E-state index in [0.717, 1.165) is 36.3 Å². The van der Waals surface area contributed by atoms with Crippen molar-refractivity contribution in [3.05, 3.63) is 82.1 Å². The molecule has 1 fully saturated rings. The van der Waals surface area contributed by atoms with Crippen molar-refractivity contribution in [2.24, 2.45) is 0 Å². The lowest BCUT2D eigenvalue weighted by molar-refractivity contribution is 0.102. The zero-order valence-corrected chi connectivity index (χ0v) is 18.3. The van der Waals surface area contributed by atoms with Crippen LogP contribution < -0.4 is 5.32 Å². The molecule has 31 heavy (non-hydrogen) atoms. The van der Waals surface area contributed by atoms with Crippen LogP contribution >= 0.6 is 11.3 Å². The van der Waals surface area contributed by atoms with Crippen LogP contribution in [0.1, 0.15) is 44.8 Å². The van der Waals surface area contributed by atoms with Crippen LogP contribution in [0.2, 0.25) is 0 Å². The van der Waals surface area contributed by atoms with E-state index in [-0.39, 0.29) is 5.91 Å². The van der Waals surface area contributed by atoms with Crippen LogP contribution in [-0.2, 0) is 6.54 Å². The summed E-state index contributed by atoms with van der Waals surface area (Å²) in [4.78, 5) is 24.9. The van der Waals surface area contributed by atoms with Gasteiger partial charge in [-0.25, -0.2) is 4.98 Å². The smallest absolute Gasteiger partial charge is 0.257 e. The number of pyridine rings is 1. The molecular formula is C24H25N5OS. The van der Waals surface area contributed by atoms with Crippen LogP contribution in [0.15, 0.2) is 55.0 Å². The summed E-state index contributed by atoms with van der Waals surface area (Å²) < 4.78 is 0. The Labute approximate surface area is 186 Å². The number of anilines is 1. The van der Waals surface area contributed by atoms with E-state index in [9.17, 15) is 4.79 Å². The number of benzene rings is 1. The van der Waals surface area contributed by atoms with Crippen LogP contribution in [0, 0.1) is 12.3 Å². The van der Waals surface area contributed by atoms with Crippen molar-refractivity contribution in [2.75, 3.05) is 18.4 Å². The number of hydrogen-bond acceptors (Lipinski definition) is 6. The maximum atomic E-state index is 12.9. The monoisotopic (exact) mass is 431 g/mol. The Balaban J connectivity index is 1.43. The third-order valence-electron chi connectivity index (χ3n) is 5.37. The van der Waals surface area contributed by atoms with Crippen molar-refractivity contribution >= 4 is 34.2 Å². The van der Waals surface area contributed by atoms with Gasteiger partial charge in [0.1, 0.15) is 0 Å². The summed E-state index contributed by atoms with van der Waals surface area (Å²) in [6.07, 6.45) is 11.3. The van der Waals surface area contributed by atoms with Crippen LogP contribution in [-0.4, -0.2) is 39.6 Å². The minimum Gasteiger partial charge on any atom is -0.300 e. The first kappa shape index (κ1) is 21.1. The Hall–Kier alpha value is -3.16. The lowest BCUT2D eigenvalue weighted by atomic mass is 10.0. The first-order valence-electron chi connectivity index (χ1n) is 10.4. The zero-order valence-electron chi connectivity index (χ0n) is 17.5. The highest BCUT2D eigenvalue weighted by Crippen LogP contribution is 2.23. The van der Waals surface area contributed by atoms with E-state index in [1.807, 2.05) is 49.5 Å². The molecule has 1 aromatic carbocycles. The Morgan fingerprint density at radius 2 is 2.06 bits per heavy atom. The summed E-state index contributed by atoms with van der Waals surface area (Å²) in [6, 6.07) is 9.27. The number of carbonyl (C=O) groups is 1. The quantitative estimate of drug-likeness (QED) is 0.528. The third-order valence-corrected chi connectivity index (χ3v) is 6.27. The van der Waals surface area contributed by atoms with E-state index in [4.69, 9.17) is 5.41 Å². The minimum atomic E-state index is -0.169. The predicted octanol–water partition coefficient (Wildman–Crippen LogP) is 4.78. The van der Waals surface area contributed by atoms with Crippen molar-refractivity contribution in [1.29, 1.82) is 5.41 Å². The SMILES string of the molecule is Cc1c(/C=C\C(=N)c2cccnc2)cccc1C(=O)Nc1ncc(CN2CCCC2)s1. The van der Waals surface area contributed by atoms with Gasteiger partial charge in [-0.05, 0) is 68.3 Å². The van der Waals surface area contributed by atoms with Gasteiger partial charge in [-0.2, -0.15) is 0 Å². The molecule has 0 unspecified atom stereocenters. The molecule has 2 aromatic heterocycles. The molecule has 1 aliphatic rings. The summed E-state index contributed by atoms with van der Waals surface area (Å²) in [5.41, 5.74) is 3.49.